The molecule has 1 aliphatic carbocycles. The van der Waals surface area contributed by atoms with E-state index in [1.165, 1.54) is 4.90 Å². The van der Waals surface area contributed by atoms with Gasteiger partial charge in [0.15, 0.2) is 9.84 Å². The number of aliphatic carboxylic acids is 1. The second kappa shape index (κ2) is 6.34. The van der Waals surface area contributed by atoms with E-state index in [0.29, 0.717) is 25.8 Å². The summed E-state index contributed by atoms with van der Waals surface area (Å²) < 4.78 is 24.5. The van der Waals surface area contributed by atoms with Crippen LogP contribution >= 0.6 is 0 Å². The topological polar surface area (TPSA) is 91.8 Å². The minimum Gasteiger partial charge on any atom is -0.480 e. The van der Waals surface area contributed by atoms with Crippen LogP contribution in [0.5, 0.6) is 0 Å². The third-order valence-corrected chi connectivity index (χ3v) is 6.74. The molecule has 0 aromatic rings. The first kappa shape index (κ1) is 16.3. The Morgan fingerprint density at radius 3 is 2.38 bits per heavy atom. The Morgan fingerprint density at radius 2 is 1.81 bits per heavy atom. The lowest BCUT2D eigenvalue weighted by Crippen LogP contribution is -2.51. The maximum atomic E-state index is 12.3. The summed E-state index contributed by atoms with van der Waals surface area (Å²) in [7, 11) is -3.46. The summed E-state index contributed by atoms with van der Waals surface area (Å²) in [5.41, 5.74) is 0. The average molecular weight is 317 g/mol. The molecule has 21 heavy (non-hydrogen) atoms. The highest BCUT2D eigenvalue weighted by Gasteiger charge is 2.38. The summed E-state index contributed by atoms with van der Waals surface area (Å²) in [5.74, 6) is -1.91. The van der Waals surface area contributed by atoms with E-state index < -0.39 is 38.8 Å². The molecular formula is C14H23NO5S. The van der Waals surface area contributed by atoms with Gasteiger partial charge in [0, 0.05) is 6.54 Å². The molecule has 2 rings (SSSR count). The molecule has 1 aliphatic heterocycles. The fourth-order valence-corrected chi connectivity index (χ4v) is 5.09. The van der Waals surface area contributed by atoms with Gasteiger partial charge in [0.05, 0.1) is 5.25 Å². The molecule has 1 saturated carbocycles. The number of sulfone groups is 1. The zero-order valence-electron chi connectivity index (χ0n) is 12.3. The van der Waals surface area contributed by atoms with Gasteiger partial charge in [-0.3, -0.25) is 4.79 Å². The molecule has 0 radical (unpaired) electrons. The molecule has 120 valence electrons. The number of likely N-dealkylation sites (tertiary alicyclic amines) is 1. The fourth-order valence-electron chi connectivity index (χ4n) is 3.29. The van der Waals surface area contributed by atoms with Gasteiger partial charge in [0.25, 0.3) is 0 Å². The Kier molecular flexibility index (Phi) is 4.91. The van der Waals surface area contributed by atoms with E-state index in [0.717, 1.165) is 19.3 Å². The monoisotopic (exact) mass is 317 g/mol. The highest BCUT2D eigenvalue weighted by Crippen LogP contribution is 2.27. The lowest BCUT2D eigenvalue weighted by Gasteiger charge is -2.36. The molecule has 0 spiro atoms. The van der Waals surface area contributed by atoms with Crippen LogP contribution in [0.1, 0.15) is 45.4 Å². The van der Waals surface area contributed by atoms with E-state index in [2.05, 4.69) is 0 Å². The lowest BCUT2D eigenvalue weighted by molar-refractivity contribution is -0.152. The zero-order valence-corrected chi connectivity index (χ0v) is 13.1. The van der Waals surface area contributed by atoms with E-state index in [-0.39, 0.29) is 5.92 Å². The number of hydrogen-bond donors (Lipinski definition) is 1. The molecule has 0 aromatic heterocycles. The van der Waals surface area contributed by atoms with Gasteiger partial charge >= 0.3 is 5.97 Å². The summed E-state index contributed by atoms with van der Waals surface area (Å²) in [6.07, 6.45) is 4.13. The molecule has 0 bridgehead atoms. The number of carbonyl (C=O) groups excluding carboxylic acids is 1. The first-order valence-corrected chi connectivity index (χ1v) is 9.26. The van der Waals surface area contributed by atoms with Crippen LogP contribution in [0, 0.1) is 5.92 Å². The molecule has 2 atom stereocenters. The SMILES string of the molecule is CC1CCN(C(=O)CS(=O)(=O)C2CCCC2)C(C(=O)O)C1. The summed E-state index contributed by atoms with van der Waals surface area (Å²) in [5, 5.41) is 8.82. The Balaban J connectivity index is 2.06. The van der Waals surface area contributed by atoms with Crippen molar-refractivity contribution in [2.45, 2.75) is 56.7 Å². The van der Waals surface area contributed by atoms with Crippen molar-refractivity contribution in [2.24, 2.45) is 5.92 Å². The summed E-state index contributed by atoms with van der Waals surface area (Å²) in [6.45, 7) is 2.28. The summed E-state index contributed by atoms with van der Waals surface area (Å²) in [4.78, 5) is 24.8. The molecular weight excluding hydrogens is 294 g/mol. The molecule has 1 saturated heterocycles. The van der Waals surface area contributed by atoms with Crippen LogP contribution in [0.2, 0.25) is 0 Å². The van der Waals surface area contributed by atoms with Gasteiger partial charge in [0.1, 0.15) is 11.8 Å². The first-order valence-electron chi connectivity index (χ1n) is 7.55. The van der Waals surface area contributed by atoms with Gasteiger partial charge in [0.2, 0.25) is 5.91 Å². The fraction of sp³-hybridized carbons (Fsp3) is 0.857. The largest absolute Gasteiger partial charge is 0.480 e. The molecule has 2 fully saturated rings. The van der Waals surface area contributed by atoms with Crippen LogP contribution < -0.4 is 0 Å². The Hall–Kier alpha value is -1.11. The minimum absolute atomic E-state index is 0.238. The van der Waals surface area contributed by atoms with Crippen LogP contribution in [0.4, 0.5) is 0 Å². The predicted octanol–water partition coefficient (Wildman–Crippen LogP) is 1.06. The molecule has 1 N–H and O–H groups in total. The number of rotatable bonds is 4. The summed E-state index contributed by atoms with van der Waals surface area (Å²) in [6, 6.07) is -0.889. The standard InChI is InChI=1S/C14H23NO5S/c1-10-6-7-15(12(8-10)14(17)18)13(16)9-21(19,20)11-4-2-3-5-11/h10-12H,2-9H2,1H3,(H,17,18). The summed E-state index contributed by atoms with van der Waals surface area (Å²) >= 11 is 0. The van der Waals surface area contributed by atoms with Gasteiger partial charge in [-0.15, -0.1) is 0 Å². The van der Waals surface area contributed by atoms with Gasteiger partial charge < -0.3 is 10.0 Å². The third-order valence-electron chi connectivity index (χ3n) is 4.60. The molecule has 6 nitrogen and oxygen atoms in total. The Bertz CT molecular complexity index is 509. The quantitative estimate of drug-likeness (QED) is 0.837. The number of piperidine rings is 1. The van der Waals surface area contributed by atoms with E-state index in [1.54, 1.807) is 0 Å². The Morgan fingerprint density at radius 1 is 1.19 bits per heavy atom. The van der Waals surface area contributed by atoms with Crippen molar-refractivity contribution < 1.29 is 23.1 Å². The van der Waals surface area contributed by atoms with Crippen molar-refractivity contribution in [1.29, 1.82) is 0 Å². The molecule has 1 heterocycles. The van der Waals surface area contributed by atoms with Gasteiger partial charge in [-0.1, -0.05) is 19.8 Å². The van der Waals surface area contributed by atoms with Crippen molar-refractivity contribution in [3.8, 4) is 0 Å². The van der Waals surface area contributed by atoms with E-state index in [4.69, 9.17) is 0 Å². The lowest BCUT2D eigenvalue weighted by atomic mass is 9.92. The molecule has 0 aromatic carbocycles. The Labute approximate surface area is 125 Å². The third kappa shape index (κ3) is 3.75. The van der Waals surface area contributed by atoms with Crippen molar-refractivity contribution in [3.63, 3.8) is 0 Å². The molecule has 1 amide bonds. The van der Waals surface area contributed by atoms with Crippen LogP contribution in [-0.2, 0) is 19.4 Å². The van der Waals surface area contributed by atoms with Gasteiger partial charge in [-0.2, -0.15) is 0 Å². The van der Waals surface area contributed by atoms with E-state index in [1.807, 2.05) is 6.92 Å². The minimum atomic E-state index is -3.46. The number of carbonyl (C=O) groups is 2. The van der Waals surface area contributed by atoms with Crippen LogP contribution in [0.3, 0.4) is 0 Å². The van der Waals surface area contributed by atoms with Crippen molar-refractivity contribution in [2.75, 3.05) is 12.3 Å². The van der Waals surface area contributed by atoms with Gasteiger partial charge in [-0.25, -0.2) is 13.2 Å². The number of carboxylic acids is 1. The van der Waals surface area contributed by atoms with Crippen molar-refractivity contribution in [1.82, 2.24) is 4.90 Å². The number of carboxylic acid groups (broad SMARTS) is 1. The number of hydrogen-bond acceptors (Lipinski definition) is 4. The normalized spacial score (nSPS) is 27.8. The zero-order chi connectivity index (χ0) is 15.6. The molecule has 2 aliphatic rings. The second-order valence-electron chi connectivity index (χ2n) is 6.28. The maximum absolute atomic E-state index is 12.3. The molecule has 2 unspecified atom stereocenters. The maximum Gasteiger partial charge on any atom is 0.326 e. The van der Waals surface area contributed by atoms with Gasteiger partial charge in [-0.05, 0) is 31.6 Å². The highest BCUT2D eigenvalue weighted by atomic mass is 32.2. The van der Waals surface area contributed by atoms with E-state index in [9.17, 15) is 23.1 Å². The second-order valence-corrected chi connectivity index (χ2v) is 8.57. The predicted molar refractivity (Wildman–Crippen MR) is 77.6 cm³/mol. The molecule has 7 heteroatoms. The van der Waals surface area contributed by atoms with E-state index >= 15 is 0 Å². The first-order chi connectivity index (χ1) is 9.81. The van der Waals surface area contributed by atoms with Crippen LogP contribution in [0.15, 0.2) is 0 Å². The van der Waals surface area contributed by atoms with Crippen LogP contribution in [0.25, 0.3) is 0 Å². The smallest absolute Gasteiger partial charge is 0.326 e. The van der Waals surface area contributed by atoms with Crippen molar-refractivity contribution >= 4 is 21.7 Å². The highest BCUT2D eigenvalue weighted by molar-refractivity contribution is 7.92. The van der Waals surface area contributed by atoms with Crippen LogP contribution in [-0.4, -0.2) is 53.9 Å². The number of nitrogens with zero attached hydrogens (tertiary/aromatic N) is 1. The van der Waals surface area contributed by atoms with Crippen molar-refractivity contribution in [3.05, 3.63) is 0 Å². The number of amides is 1. The average Bonchev–Trinajstić information content (AvgIpc) is 2.92.